The number of nitrogens with one attached hydrogen (secondary N) is 1. The summed E-state index contributed by atoms with van der Waals surface area (Å²) in [5, 5.41) is 2.61. The van der Waals surface area contributed by atoms with E-state index in [0.717, 1.165) is 4.90 Å². The van der Waals surface area contributed by atoms with E-state index in [4.69, 9.17) is 0 Å². The van der Waals surface area contributed by atoms with Gasteiger partial charge in [0.15, 0.2) is 0 Å². The monoisotopic (exact) mass is 246 g/mol. The van der Waals surface area contributed by atoms with Gasteiger partial charge < -0.3 is 5.32 Å². The number of hydrogen-bond acceptors (Lipinski definition) is 2. The van der Waals surface area contributed by atoms with Crippen LogP contribution in [0, 0.1) is 0 Å². The second-order valence-corrected chi connectivity index (χ2v) is 4.16. The van der Waals surface area contributed by atoms with Gasteiger partial charge in [-0.25, -0.2) is 8.78 Å². The lowest BCUT2D eigenvalue weighted by Crippen LogP contribution is -2.40. The van der Waals surface area contributed by atoms with E-state index in [1.54, 1.807) is 0 Å². The lowest BCUT2D eigenvalue weighted by atomic mass is 10.1. The van der Waals surface area contributed by atoms with Gasteiger partial charge in [0.25, 0.3) is 5.92 Å². The molecule has 1 heterocycles. The summed E-state index contributed by atoms with van der Waals surface area (Å²) < 4.78 is 62.0. The first kappa shape index (κ1) is 13.6. The summed E-state index contributed by atoms with van der Waals surface area (Å²) >= 11 is 0. The quantitative estimate of drug-likeness (QED) is 0.762. The highest BCUT2D eigenvalue weighted by molar-refractivity contribution is 4.90. The van der Waals surface area contributed by atoms with Crippen molar-refractivity contribution in [2.45, 2.75) is 31.0 Å². The summed E-state index contributed by atoms with van der Waals surface area (Å²) in [5.74, 6) is -2.79. The molecule has 0 aromatic carbocycles. The maximum atomic E-state index is 13.1. The molecule has 1 atom stereocenters. The van der Waals surface area contributed by atoms with Crippen LogP contribution in [0.3, 0.4) is 0 Å². The molecule has 1 aliphatic heterocycles. The van der Waals surface area contributed by atoms with Crippen LogP contribution in [0.15, 0.2) is 0 Å². The summed E-state index contributed by atoms with van der Waals surface area (Å²) in [6, 6.07) is -0.997. The Morgan fingerprint density at radius 3 is 2.44 bits per heavy atom. The van der Waals surface area contributed by atoms with Gasteiger partial charge in [-0.1, -0.05) is 0 Å². The first-order chi connectivity index (χ1) is 7.21. The van der Waals surface area contributed by atoms with Gasteiger partial charge in [0.1, 0.15) is 0 Å². The Morgan fingerprint density at radius 2 is 2.00 bits per heavy atom. The maximum absolute atomic E-state index is 13.1. The topological polar surface area (TPSA) is 15.3 Å². The molecule has 96 valence electrons. The zero-order chi connectivity index (χ0) is 12.4. The van der Waals surface area contributed by atoms with E-state index in [-0.39, 0.29) is 25.9 Å². The Balaban J connectivity index is 2.29. The lowest BCUT2D eigenvalue weighted by Gasteiger charge is -2.23. The van der Waals surface area contributed by atoms with Crippen molar-refractivity contribution in [3.63, 3.8) is 0 Å². The zero-order valence-electron chi connectivity index (χ0n) is 8.95. The Labute approximate surface area is 90.8 Å². The normalized spacial score (nSPS) is 25.3. The van der Waals surface area contributed by atoms with Crippen molar-refractivity contribution in [3.8, 4) is 0 Å². The molecule has 0 saturated carbocycles. The van der Waals surface area contributed by atoms with Gasteiger partial charge in [0, 0.05) is 13.0 Å². The number of alkyl halides is 5. The third-order valence-corrected chi connectivity index (χ3v) is 2.61. The van der Waals surface area contributed by atoms with Crippen LogP contribution < -0.4 is 5.32 Å². The molecule has 16 heavy (non-hydrogen) atoms. The molecule has 1 rings (SSSR count). The molecule has 0 aromatic rings. The molecule has 1 N–H and O–H groups in total. The van der Waals surface area contributed by atoms with Crippen LogP contribution in [0.25, 0.3) is 0 Å². The highest BCUT2D eigenvalue weighted by Gasteiger charge is 2.43. The molecule has 7 heteroatoms. The average molecular weight is 246 g/mol. The second kappa shape index (κ2) is 4.83. The lowest BCUT2D eigenvalue weighted by molar-refractivity contribution is -0.143. The number of nitrogens with zero attached hydrogens (tertiary/aromatic N) is 1. The first-order valence-corrected chi connectivity index (χ1v) is 5.07. The van der Waals surface area contributed by atoms with Crippen molar-refractivity contribution >= 4 is 0 Å². The molecule has 2 nitrogen and oxygen atoms in total. The Bertz CT molecular complexity index is 228. The molecule has 1 saturated heterocycles. The Hall–Kier alpha value is -0.430. The van der Waals surface area contributed by atoms with Gasteiger partial charge in [-0.3, -0.25) is 4.90 Å². The van der Waals surface area contributed by atoms with E-state index in [1.165, 1.54) is 7.05 Å². The van der Waals surface area contributed by atoms with Crippen molar-refractivity contribution in [3.05, 3.63) is 0 Å². The minimum Gasteiger partial charge on any atom is -0.308 e. The van der Waals surface area contributed by atoms with Gasteiger partial charge in [-0.2, -0.15) is 13.2 Å². The molecule has 1 aliphatic rings. The Kier molecular flexibility index (Phi) is 4.12. The van der Waals surface area contributed by atoms with Crippen molar-refractivity contribution < 1.29 is 22.0 Å². The number of halogens is 5. The standard InChI is InChI=1S/C9H15F5N2/c1-16(6-9(12,13)14)5-2-7-8(10,11)3-4-15-7/h7,15H,2-6H2,1H3. The molecule has 0 radical (unpaired) electrons. The maximum Gasteiger partial charge on any atom is 0.401 e. The van der Waals surface area contributed by atoms with Crippen molar-refractivity contribution in [2.75, 3.05) is 26.7 Å². The third-order valence-electron chi connectivity index (χ3n) is 2.61. The average Bonchev–Trinajstić information content (AvgIpc) is 2.38. The minimum absolute atomic E-state index is 0.00671. The zero-order valence-corrected chi connectivity index (χ0v) is 8.95. The van der Waals surface area contributed by atoms with Crippen LogP contribution in [0.1, 0.15) is 12.8 Å². The largest absolute Gasteiger partial charge is 0.401 e. The van der Waals surface area contributed by atoms with E-state index >= 15 is 0 Å². The summed E-state index contributed by atoms with van der Waals surface area (Å²) in [6.07, 6.45) is -4.49. The SMILES string of the molecule is CN(CCC1NCCC1(F)F)CC(F)(F)F. The third kappa shape index (κ3) is 4.21. The van der Waals surface area contributed by atoms with Gasteiger partial charge in [-0.05, 0) is 20.0 Å². The molecular weight excluding hydrogens is 231 g/mol. The number of rotatable bonds is 4. The predicted octanol–water partition coefficient (Wildman–Crippen LogP) is 1.87. The molecule has 1 unspecified atom stereocenters. The summed E-state index contributed by atoms with van der Waals surface area (Å²) in [7, 11) is 1.28. The van der Waals surface area contributed by atoms with Gasteiger partial charge in [0.05, 0.1) is 12.6 Å². The Morgan fingerprint density at radius 1 is 1.38 bits per heavy atom. The van der Waals surface area contributed by atoms with E-state index in [9.17, 15) is 22.0 Å². The summed E-state index contributed by atoms with van der Waals surface area (Å²) in [4.78, 5) is 1.01. The molecule has 1 fully saturated rings. The van der Waals surface area contributed by atoms with Crippen LogP contribution in [0.2, 0.25) is 0 Å². The molecular formula is C9H15F5N2. The smallest absolute Gasteiger partial charge is 0.308 e. The van der Waals surface area contributed by atoms with Gasteiger partial charge in [-0.15, -0.1) is 0 Å². The summed E-state index contributed by atoms with van der Waals surface area (Å²) in [5.41, 5.74) is 0. The number of hydrogen-bond donors (Lipinski definition) is 1. The highest BCUT2D eigenvalue weighted by atomic mass is 19.4. The second-order valence-electron chi connectivity index (χ2n) is 4.16. The van der Waals surface area contributed by atoms with Gasteiger partial charge in [0.2, 0.25) is 0 Å². The highest BCUT2D eigenvalue weighted by Crippen LogP contribution is 2.29. The summed E-state index contributed by atoms with van der Waals surface area (Å²) in [6.45, 7) is -0.835. The first-order valence-electron chi connectivity index (χ1n) is 5.07. The molecule has 0 spiro atoms. The minimum atomic E-state index is -4.28. The fraction of sp³-hybridized carbons (Fsp3) is 1.00. The van der Waals surface area contributed by atoms with Crippen LogP contribution in [-0.4, -0.2) is 49.7 Å². The van der Waals surface area contributed by atoms with Crippen LogP contribution in [0.5, 0.6) is 0 Å². The van der Waals surface area contributed by atoms with Crippen molar-refractivity contribution in [2.24, 2.45) is 0 Å². The van der Waals surface area contributed by atoms with Crippen molar-refractivity contribution in [1.82, 2.24) is 10.2 Å². The predicted molar refractivity (Wildman–Crippen MR) is 49.5 cm³/mol. The van der Waals surface area contributed by atoms with Crippen LogP contribution in [-0.2, 0) is 0 Å². The molecule has 0 aromatic heterocycles. The van der Waals surface area contributed by atoms with Gasteiger partial charge >= 0.3 is 6.18 Å². The van der Waals surface area contributed by atoms with E-state index in [2.05, 4.69) is 5.32 Å². The molecule has 0 amide bonds. The fourth-order valence-corrected chi connectivity index (χ4v) is 1.78. The fourth-order valence-electron chi connectivity index (χ4n) is 1.78. The van der Waals surface area contributed by atoms with E-state index in [1.807, 2.05) is 0 Å². The van der Waals surface area contributed by atoms with Crippen molar-refractivity contribution in [1.29, 1.82) is 0 Å². The van der Waals surface area contributed by atoms with Crippen LogP contribution >= 0.6 is 0 Å². The van der Waals surface area contributed by atoms with Crippen LogP contribution in [0.4, 0.5) is 22.0 Å². The van der Waals surface area contributed by atoms with E-state index < -0.39 is 24.7 Å². The molecule has 0 bridgehead atoms. The van der Waals surface area contributed by atoms with E-state index in [0.29, 0.717) is 0 Å². The molecule has 0 aliphatic carbocycles.